The van der Waals surface area contributed by atoms with Crippen LogP contribution in [-0.4, -0.2) is 17.7 Å². The number of anilines is 4. The van der Waals surface area contributed by atoms with Crippen LogP contribution in [0.2, 0.25) is 10.0 Å². The fourth-order valence-corrected chi connectivity index (χ4v) is 3.96. The summed E-state index contributed by atoms with van der Waals surface area (Å²) in [4.78, 5) is 39.4. The minimum atomic E-state index is -1.27. The van der Waals surface area contributed by atoms with Crippen LogP contribution in [0.15, 0.2) is 97.1 Å². The molecule has 0 radical (unpaired) electrons. The van der Waals surface area contributed by atoms with E-state index in [1.54, 1.807) is 84.9 Å². The Bertz CT molecular complexity index is 1400. The van der Waals surface area contributed by atoms with E-state index in [0.717, 1.165) is 0 Å². The number of hydrogen-bond donors (Lipinski definition) is 4. The van der Waals surface area contributed by atoms with E-state index in [4.69, 9.17) is 28.9 Å². The molecule has 7 nitrogen and oxygen atoms in total. The number of nitrogen functional groups attached to an aromatic ring is 1. The summed E-state index contributed by atoms with van der Waals surface area (Å²) in [5, 5.41) is 8.82. The Morgan fingerprint density at radius 1 is 0.595 bits per heavy atom. The Kier molecular flexibility index (Phi) is 8.08. The van der Waals surface area contributed by atoms with E-state index in [2.05, 4.69) is 16.0 Å². The number of para-hydroxylation sites is 4. The van der Waals surface area contributed by atoms with Gasteiger partial charge in [0.15, 0.2) is 0 Å². The van der Waals surface area contributed by atoms with Gasteiger partial charge in [-0.1, -0.05) is 71.7 Å². The lowest BCUT2D eigenvalue weighted by atomic mass is 9.95. The summed E-state index contributed by atoms with van der Waals surface area (Å²) < 4.78 is 0. The Labute approximate surface area is 223 Å². The van der Waals surface area contributed by atoms with Gasteiger partial charge in [-0.15, -0.1) is 0 Å². The summed E-state index contributed by atoms with van der Waals surface area (Å²) in [5.74, 6) is -2.87. The van der Waals surface area contributed by atoms with Crippen molar-refractivity contribution in [1.29, 1.82) is 0 Å². The van der Waals surface area contributed by atoms with Crippen molar-refractivity contribution in [1.82, 2.24) is 0 Å². The molecule has 0 saturated carbocycles. The number of amides is 3. The normalized spacial score (nSPS) is 10.6. The maximum absolute atomic E-state index is 13.3. The molecule has 0 bridgehead atoms. The molecule has 0 aromatic heterocycles. The molecule has 0 unspecified atom stereocenters. The van der Waals surface area contributed by atoms with E-state index in [1.807, 2.05) is 0 Å². The van der Waals surface area contributed by atoms with Gasteiger partial charge in [-0.05, 0) is 54.1 Å². The first-order chi connectivity index (χ1) is 17.8. The van der Waals surface area contributed by atoms with Crippen molar-refractivity contribution < 1.29 is 14.4 Å². The molecule has 0 aliphatic carbocycles. The van der Waals surface area contributed by atoms with E-state index in [1.165, 1.54) is 12.1 Å². The molecule has 0 heterocycles. The quantitative estimate of drug-likeness (QED) is 0.168. The second kappa shape index (κ2) is 11.6. The summed E-state index contributed by atoms with van der Waals surface area (Å²) in [6, 6.07) is 26.5. The molecule has 0 atom stereocenters. The highest BCUT2D eigenvalue weighted by Gasteiger charge is 2.30. The maximum atomic E-state index is 13.3. The summed E-state index contributed by atoms with van der Waals surface area (Å²) in [7, 11) is 0. The topological polar surface area (TPSA) is 113 Å². The standard InChI is InChI=1S/C28H22Cl2N4O3/c29-19-7-1-4-10-22(19)32-27(36)25(28(37)33-23-11-5-2-8-20(23)30)17-13-15-18(16-14-17)26(35)34-24-12-6-3-9-21(24)31/h1-16,25H,31H2,(H,32,36)(H,33,37)(H,34,35). The van der Waals surface area contributed by atoms with Crippen LogP contribution in [-0.2, 0) is 9.59 Å². The van der Waals surface area contributed by atoms with Crippen molar-refractivity contribution in [3.05, 3.63) is 118 Å². The van der Waals surface area contributed by atoms with Gasteiger partial charge in [0, 0.05) is 5.56 Å². The average molecular weight is 533 g/mol. The number of halogens is 2. The third kappa shape index (κ3) is 6.27. The van der Waals surface area contributed by atoms with Crippen LogP contribution >= 0.6 is 23.2 Å². The van der Waals surface area contributed by atoms with Crippen molar-refractivity contribution in [2.45, 2.75) is 5.92 Å². The van der Waals surface area contributed by atoms with Crippen molar-refractivity contribution in [3.63, 3.8) is 0 Å². The Morgan fingerprint density at radius 2 is 1.05 bits per heavy atom. The summed E-state index contributed by atoms with van der Waals surface area (Å²) in [6.07, 6.45) is 0. The van der Waals surface area contributed by atoms with Gasteiger partial charge in [0.1, 0.15) is 5.92 Å². The SMILES string of the molecule is Nc1ccccc1NC(=O)c1ccc(C(C(=O)Nc2ccccc2Cl)C(=O)Nc2ccccc2Cl)cc1. The molecule has 3 amide bonds. The molecule has 5 N–H and O–H groups in total. The van der Waals surface area contributed by atoms with Crippen LogP contribution in [0.1, 0.15) is 21.8 Å². The third-order valence-corrected chi connectivity index (χ3v) is 6.16. The molecule has 0 spiro atoms. The highest BCUT2D eigenvalue weighted by atomic mass is 35.5. The highest BCUT2D eigenvalue weighted by Crippen LogP contribution is 2.27. The molecule has 0 saturated heterocycles. The van der Waals surface area contributed by atoms with Crippen molar-refractivity contribution in [2.75, 3.05) is 21.7 Å². The maximum Gasteiger partial charge on any atom is 0.255 e. The second-order valence-corrected chi connectivity index (χ2v) is 8.85. The lowest BCUT2D eigenvalue weighted by molar-refractivity contribution is -0.125. The fourth-order valence-electron chi connectivity index (χ4n) is 3.59. The largest absolute Gasteiger partial charge is 0.397 e. The molecular weight excluding hydrogens is 511 g/mol. The number of carbonyl (C=O) groups excluding carboxylic acids is 3. The lowest BCUT2D eigenvalue weighted by Crippen LogP contribution is -2.32. The van der Waals surface area contributed by atoms with Gasteiger partial charge in [-0.2, -0.15) is 0 Å². The predicted molar refractivity (Wildman–Crippen MR) is 148 cm³/mol. The molecule has 4 rings (SSSR count). The number of hydrogen-bond acceptors (Lipinski definition) is 4. The number of carbonyl (C=O) groups is 3. The minimum absolute atomic E-state index is 0.323. The number of benzene rings is 4. The summed E-state index contributed by atoms with van der Waals surface area (Å²) in [5.41, 5.74) is 8.23. The highest BCUT2D eigenvalue weighted by molar-refractivity contribution is 6.34. The zero-order chi connectivity index (χ0) is 26.4. The Balaban J connectivity index is 1.60. The van der Waals surface area contributed by atoms with Crippen molar-refractivity contribution >= 4 is 63.7 Å². The van der Waals surface area contributed by atoms with Crippen LogP contribution in [0, 0.1) is 0 Å². The molecule has 9 heteroatoms. The van der Waals surface area contributed by atoms with Crippen LogP contribution in [0.4, 0.5) is 22.7 Å². The van der Waals surface area contributed by atoms with E-state index in [0.29, 0.717) is 43.9 Å². The monoisotopic (exact) mass is 532 g/mol. The zero-order valence-electron chi connectivity index (χ0n) is 19.4. The van der Waals surface area contributed by atoms with E-state index in [9.17, 15) is 14.4 Å². The minimum Gasteiger partial charge on any atom is -0.397 e. The van der Waals surface area contributed by atoms with Gasteiger partial charge in [0.25, 0.3) is 5.91 Å². The second-order valence-electron chi connectivity index (χ2n) is 8.03. The molecule has 4 aromatic carbocycles. The van der Waals surface area contributed by atoms with Crippen LogP contribution in [0.25, 0.3) is 0 Å². The van der Waals surface area contributed by atoms with Crippen LogP contribution in [0.3, 0.4) is 0 Å². The van der Waals surface area contributed by atoms with Gasteiger partial charge in [0.2, 0.25) is 11.8 Å². The van der Waals surface area contributed by atoms with Gasteiger partial charge < -0.3 is 21.7 Å². The number of nitrogens with two attached hydrogens (primary N) is 1. The molecule has 37 heavy (non-hydrogen) atoms. The van der Waals surface area contributed by atoms with Gasteiger partial charge in [-0.25, -0.2) is 0 Å². The molecule has 0 fully saturated rings. The smallest absolute Gasteiger partial charge is 0.255 e. The van der Waals surface area contributed by atoms with Crippen LogP contribution < -0.4 is 21.7 Å². The molecule has 186 valence electrons. The molecule has 0 aliphatic rings. The van der Waals surface area contributed by atoms with Gasteiger partial charge in [-0.3, -0.25) is 14.4 Å². The zero-order valence-corrected chi connectivity index (χ0v) is 20.9. The molecule has 4 aromatic rings. The van der Waals surface area contributed by atoms with Crippen LogP contribution in [0.5, 0.6) is 0 Å². The Hall–Kier alpha value is -4.33. The summed E-state index contributed by atoms with van der Waals surface area (Å²) in [6.45, 7) is 0. The Morgan fingerprint density at radius 3 is 1.54 bits per heavy atom. The molecule has 0 aliphatic heterocycles. The third-order valence-electron chi connectivity index (χ3n) is 5.50. The fraction of sp³-hybridized carbons (Fsp3) is 0.0357. The average Bonchev–Trinajstić information content (AvgIpc) is 2.89. The number of rotatable bonds is 7. The van der Waals surface area contributed by atoms with Crippen molar-refractivity contribution in [2.24, 2.45) is 0 Å². The van der Waals surface area contributed by atoms with Crippen molar-refractivity contribution in [3.8, 4) is 0 Å². The van der Waals surface area contributed by atoms with E-state index >= 15 is 0 Å². The number of nitrogens with one attached hydrogen (secondary N) is 3. The summed E-state index contributed by atoms with van der Waals surface area (Å²) >= 11 is 12.4. The predicted octanol–water partition coefficient (Wildman–Crippen LogP) is 6.19. The van der Waals surface area contributed by atoms with Gasteiger partial charge >= 0.3 is 0 Å². The van der Waals surface area contributed by atoms with Gasteiger partial charge in [0.05, 0.1) is 32.8 Å². The first-order valence-corrected chi connectivity index (χ1v) is 12.0. The first kappa shape index (κ1) is 25.8. The molecular formula is C28H22Cl2N4O3. The lowest BCUT2D eigenvalue weighted by Gasteiger charge is -2.18. The van der Waals surface area contributed by atoms with E-state index in [-0.39, 0.29) is 5.91 Å². The van der Waals surface area contributed by atoms with E-state index < -0.39 is 17.7 Å². The first-order valence-electron chi connectivity index (χ1n) is 11.2.